The average Bonchev–Trinajstić information content (AvgIpc) is 2.31. The normalized spacial score (nSPS) is 26.2. The van der Waals surface area contributed by atoms with Crippen molar-refractivity contribution < 1.29 is 9.90 Å². The van der Waals surface area contributed by atoms with Gasteiger partial charge in [0, 0.05) is 17.4 Å². The second kappa shape index (κ2) is 5.73. The summed E-state index contributed by atoms with van der Waals surface area (Å²) in [5, 5.41) is 12.7. The Hall–Kier alpha value is -1.71. The van der Waals surface area contributed by atoms with Crippen LogP contribution in [0.25, 0.3) is 0 Å². The summed E-state index contributed by atoms with van der Waals surface area (Å²) in [6.07, 6.45) is 3.55. The fraction of sp³-hybridized carbons (Fsp3) is 0.562. The van der Waals surface area contributed by atoms with Crippen molar-refractivity contribution in [3.8, 4) is 0 Å². The van der Waals surface area contributed by atoms with Gasteiger partial charge in [0.25, 0.3) is 0 Å². The molecule has 1 aliphatic rings. The number of benzene rings is 1. The number of nitrogens with one attached hydrogen (secondary N) is 1. The molecule has 2 unspecified atom stereocenters. The van der Waals surface area contributed by atoms with Gasteiger partial charge in [-0.2, -0.15) is 0 Å². The lowest BCUT2D eigenvalue weighted by atomic mass is 9.80. The van der Waals surface area contributed by atoms with Crippen LogP contribution in [0.2, 0.25) is 0 Å². The molecule has 1 fully saturated rings. The van der Waals surface area contributed by atoms with Gasteiger partial charge >= 0.3 is 5.97 Å². The molecule has 2 rings (SSSR count). The molecule has 0 aliphatic heterocycles. The lowest BCUT2D eigenvalue weighted by Gasteiger charge is -2.32. The third-order valence-electron chi connectivity index (χ3n) is 4.17. The molecule has 1 saturated carbocycles. The third-order valence-corrected chi connectivity index (χ3v) is 4.17. The molecule has 1 aromatic carbocycles. The lowest BCUT2D eigenvalue weighted by molar-refractivity contribution is 0.0698. The maximum Gasteiger partial charge on any atom is 0.337 e. The standard InChI is InChI=1S/C16H24N2O2/c1-9-4-10(2)6-12(5-9)18-13-7-11(3)15(17)14(8-13)16(19)20/h7-10,12,18H,4-6,17H2,1-3H3,(H,19,20). The number of hydrogen-bond acceptors (Lipinski definition) is 3. The molecule has 0 amide bonds. The topological polar surface area (TPSA) is 75.3 Å². The van der Waals surface area contributed by atoms with Crippen LogP contribution < -0.4 is 11.1 Å². The van der Waals surface area contributed by atoms with Crippen LogP contribution in [0.4, 0.5) is 11.4 Å². The first-order chi connectivity index (χ1) is 9.36. The molecular formula is C16H24N2O2. The number of anilines is 2. The molecule has 0 spiro atoms. The minimum absolute atomic E-state index is 0.185. The Morgan fingerprint density at radius 3 is 2.40 bits per heavy atom. The van der Waals surface area contributed by atoms with E-state index in [1.807, 2.05) is 13.0 Å². The molecule has 0 aromatic heterocycles. The van der Waals surface area contributed by atoms with Crippen LogP contribution in [0, 0.1) is 18.8 Å². The highest BCUT2D eigenvalue weighted by molar-refractivity contribution is 5.95. The smallest absolute Gasteiger partial charge is 0.337 e. The van der Waals surface area contributed by atoms with E-state index in [2.05, 4.69) is 19.2 Å². The van der Waals surface area contributed by atoms with E-state index in [1.54, 1.807) is 6.07 Å². The maximum atomic E-state index is 11.2. The number of carbonyl (C=O) groups is 1. The summed E-state index contributed by atoms with van der Waals surface area (Å²) in [6, 6.07) is 4.00. The van der Waals surface area contributed by atoms with Crippen LogP contribution in [-0.4, -0.2) is 17.1 Å². The molecule has 1 aliphatic carbocycles. The van der Waals surface area contributed by atoms with E-state index in [4.69, 9.17) is 5.73 Å². The van der Waals surface area contributed by atoms with Crippen molar-refractivity contribution >= 4 is 17.3 Å². The van der Waals surface area contributed by atoms with Crippen molar-refractivity contribution in [1.82, 2.24) is 0 Å². The minimum Gasteiger partial charge on any atom is -0.478 e. The molecule has 4 heteroatoms. The monoisotopic (exact) mass is 276 g/mol. The first-order valence-electron chi connectivity index (χ1n) is 7.26. The van der Waals surface area contributed by atoms with Gasteiger partial charge in [0.15, 0.2) is 0 Å². The molecule has 0 heterocycles. The summed E-state index contributed by atoms with van der Waals surface area (Å²) in [4.78, 5) is 11.2. The van der Waals surface area contributed by atoms with E-state index in [0.29, 0.717) is 23.6 Å². The predicted octanol–water partition coefficient (Wildman–Crippen LogP) is 3.51. The van der Waals surface area contributed by atoms with E-state index in [1.165, 1.54) is 6.42 Å². The summed E-state index contributed by atoms with van der Waals surface area (Å²) >= 11 is 0. The fourth-order valence-electron chi connectivity index (χ4n) is 3.36. The quantitative estimate of drug-likeness (QED) is 0.738. The van der Waals surface area contributed by atoms with Gasteiger partial charge in [-0.3, -0.25) is 0 Å². The first kappa shape index (κ1) is 14.7. The fourth-order valence-corrected chi connectivity index (χ4v) is 3.36. The SMILES string of the molecule is Cc1cc(NC2CC(C)CC(C)C2)cc(C(=O)O)c1N. The highest BCUT2D eigenvalue weighted by Gasteiger charge is 2.24. The second-order valence-electron chi connectivity index (χ2n) is 6.32. The van der Waals surface area contributed by atoms with Crippen LogP contribution in [0.15, 0.2) is 12.1 Å². The third kappa shape index (κ3) is 3.24. The average molecular weight is 276 g/mol. The number of rotatable bonds is 3. The van der Waals surface area contributed by atoms with Gasteiger partial charge in [-0.1, -0.05) is 13.8 Å². The zero-order chi connectivity index (χ0) is 14.9. The van der Waals surface area contributed by atoms with Crippen LogP contribution in [0.3, 0.4) is 0 Å². The Morgan fingerprint density at radius 1 is 1.25 bits per heavy atom. The van der Waals surface area contributed by atoms with Crippen LogP contribution in [-0.2, 0) is 0 Å². The van der Waals surface area contributed by atoms with Crippen molar-refractivity contribution in [3.05, 3.63) is 23.3 Å². The Morgan fingerprint density at radius 2 is 1.85 bits per heavy atom. The molecule has 0 bridgehead atoms. The zero-order valence-corrected chi connectivity index (χ0v) is 12.4. The Balaban J connectivity index is 2.19. The van der Waals surface area contributed by atoms with Crippen molar-refractivity contribution in [3.63, 3.8) is 0 Å². The van der Waals surface area contributed by atoms with Gasteiger partial charge in [-0.15, -0.1) is 0 Å². The molecule has 0 saturated heterocycles. The van der Waals surface area contributed by atoms with E-state index in [0.717, 1.165) is 24.1 Å². The van der Waals surface area contributed by atoms with E-state index < -0.39 is 5.97 Å². The van der Waals surface area contributed by atoms with Gasteiger partial charge in [0.05, 0.1) is 5.56 Å². The number of aryl methyl sites for hydroxylation is 1. The van der Waals surface area contributed by atoms with Crippen molar-refractivity contribution in [1.29, 1.82) is 0 Å². The van der Waals surface area contributed by atoms with Gasteiger partial charge in [-0.25, -0.2) is 4.79 Å². The van der Waals surface area contributed by atoms with Crippen molar-refractivity contribution in [2.75, 3.05) is 11.1 Å². The highest BCUT2D eigenvalue weighted by Crippen LogP contribution is 2.31. The van der Waals surface area contributed by atoms with Crippen LogP contribution in [0.1, 0.15) is 49.0 Å². The van der Waals surface area contributed by atoms with Crippen molar-refractivity contribution in [2.45, 2.75) is 46.1 Å². The number of nitrogens with two attached hydrogens (primary N) is 1. The summed E-state index contributed by atoms with van der Waals surface area (Å²) in [5.74, 6) is 0.453. The number of carboxylic acids is 1. The van der Waals surface area contributed by atoms with E-state index in [-0.39, 0.29) is 5.56 Å². The summed E-state index contributed by atoms with van der Waals surface area (Å²) in [6.45, 7) is 6.40. The molecule has 110 valence electrons. The number of aromatic carboxylic acids is 1. The zero-order valence-electron chi connectivity index (χ0n) is 12.4. The van der Waals surface area contributed by atoms with Gasteiger partial charge < -0.3 is 16.2 Å². The Kier molecular flexibility index (Phi) is 4.21. The second-order valence-corrected chi connectivity index (χ2v) is 6.32. The molecule has 1 aromatic rings. The predicted molar refractivity (Wildman–Crippen MR) is 82.1 cm³/mol. The number of carboxylic acid groups (broad SMARTS) is 1. The van der Waals surface area contributed by atoms with Gasteiger partial charge in [0.2, 0.25) is 0 Å². The van der Waals surface area contributed by atoms with Crippen LogP contribution in [0.5, 0.6) is 0 Å². The summed E-state index contributed by atoms with van der Waals surface area (Å²) in [7, 11) is 0. The lowest BCUT2D eigenvalue weighted by Crippen LogP contribution is -2.30. The summed E-state index contributed by atoms with van der Waals surface area (Å²) in [5.41, 5.74) is 8.03. The molecular weight excluding hydrogens is 252 g/mol. The molecule has 2 atom stereocenters. The first-order valence-corrected chi connectivity index (χ1v) is 7.26. The van der Waals surface area contributed by atoms with Crippen molar-refractivity contribution in [2.24, 2.45) is 11.8 Å². The number of hydrogen-bond donors (Lipinski definition) is 3. The minimum atomic E-state index is -0.973. The number of nitrogen functional groups attached to an aromatic ring is 1. The Bertz CT molecular complexity index is 503. The molecule has 20 heavy (non-hydrogen) atoms. The molecule has 4 nitrogen and oxygen atoms in total. The maximum absolute atomic E-state index is 11.2. The molecule has 4 N–H and O–H groups in total. The highest BCUT2D eigenvalue weighted by atomic mass is 16.4. The Labute approximate surface area is 120 Å². The van der Waals surface area contributed by atoms with Gasteiger partial charge in [0.1, 0.15) is 0 Å². The van der Waals surface area contributed by atoms with E-state index >= 15 is 0 Å². The summed E-state index contributed by atoms with van der Waals surface area (Å²) < 4.78 is 0. The van der Waals surface area contributed by atoms with E-state index in [9.17, 15) is 9.90 Å². The van der Waals surface area contributed by atoms with Gasteiger partial charge in [-0.05, 0) is 55.7 Å². The largest absolute Gasteiger partial charge is 0.478 e. The molecule has 0 radical (unpaired) electrons. The van der Waals surface area contributed by atoms with Crippen LogP contribution >= 0.6 is 0 Å².